The van der Waals surface area contributed by atoms with E-state index in [1.54, 1.807) is 0 Å². The zero-order valence-corrected chi connectivity index (χ0v) is 9.78. The highest BCUT2D eigenvalue weighted by Crippen LogP contribution is 2.24. The topological polar surface area (TPSA) is 26.0 Å². The van der Waals surface area contributed by atoms with E-state index in [0.29, 0.717) is 10.0 Å². The zero-order valence-electron chi connectivity index (χ0n) is 8.19. The molecular weight excluding hydrogens is 290 g/mol. The number of halogens is 5. The molecule has 1 aromatic carbocycles. The van der Waals surface area contributed by atoms with Gasteiger partial charge in [0.1, 0.15) is 5.82 Å². The summed E-state index contributed by atoms with van der Waals surface area (Å²) in [6, 6.07) is 2.81. The minimum absolute atomic E-state index is 0.0559. The third kappa shape index (κ3) is 4.49. The summed E-state index contributed by atoms with van der Waals surface area (Å²) in [6.45, 7) is 0. The molecule has 1 aromatic rings. The zero-order chi connectivity index (χ0) is 12.3. The van der Waals surface area contributed by atoms with Gasteiger partial charge in [-0.2, -0.15) is 13.2 Å². The highest BCUT2D eigenvalue weighted by Gasteiger charge is 2.30. The minimum Gasteiger partial charge on any atom is -0.327 e. The van der Waals surface area contributed by atoms with Gasteiger partial charge in [-0.1, -0.05) is 22.0 Å². The third-order valence-corrected chi connectivity index (χ3v) is 2.73. The van der Waals surface area contributed by atoms with Crippen LogP contribution in [-0.4, -0.2) is 12.2 Å². The second-order valence-electron chi connectivity index (χ2n) is 3.52. The Kier molecular flexibility index (Phi) is 4.32. The maximum atomic E-state index is 12.7. The van der Waals surface area contributed by atoms with E-state index in [2.05, 4.69) is 15.9 Å². The summed E-state index contributed by atoms with van der Waals surface area (Å²) < 4.78 is 49.2. The molecule has 0 aliphatic carbocycles. The molecule has 0 aliphatic heterocycles. The Hall–Kier alpha value is -0.620. The van der Waals surface area contributed by atoms with Crippen LogP contribution in [0.4, 0.5) is 17.6 Å². The normalized spacial score (nSPS) is 13.9. The largest absolute Gasteiger partial charge is 0.390 e. The maximum absolute atomic E-state index is 12.7. The second kappa shape index (κ2) is 5.14. The van der Waals surface area contributed by atoms with Gasteiger partial charge in [0.15, 0.2) is 0 Å². The molecule has 0 radical (unpaired) electrons. The summed E-state index contributed by atoms with van der Waals surface area (Å²) in [5, 5.41) is 0. The fraction of sp³-hybridized carbons (Fsp3) is 0.400. The van der Waals surface area contributed by atoms with Gasteiger partial charge in [0.05, 0.1) is 6.42 Å². The van der Waals surface area contributed by atoms with Gasteiger partial charge in [-0.15, -0.1) is 0 Å². The molecule has 0 amide bonds. The van der Waals surface area contributed by atoms with E-state index in [0.717, 1.165) is 0 Å². The Balaban J connectivity index is 2.66. The van der Waals surface area contributed by atoms with Crippen LogP contribution in [0, 0.1) is 5.82 Å². The van der Waals surface area contributed by atoms with Crippen molar-refractivity contribution < 1.29 is 17.6 Å². The van der Waals surface area contributed by atoms with Crippen molar-refractivity contribution in [3.8, 4) is 0 Å². The minimum atomic E-state index is -4.27. The molecule has 90 valence electrons. The van der Waals surface area contributed by atoms with E-state index < -0.39 is 24.5 Å². The van der Waals surface area contributed by atoms with E-state index in [-0.39, 0.29) is 6.42 Å². The van der Waals surface area contributed by atoms with Gasteiger partial charge >= 0.3 is 6.18 Å². The lowest BCUT2D eigenvalue weighted by atomic mass is 10.0. The van der Waals surface area contributed by atoms with E-state index >= 15 is 0 Å². The van der Waals surface area contributed by atoms with Crippen LogP contribution in [0.2, 0.25) is 0 Å². The molecule has 0 heterocycles. The quantitative estimate of drug-likeness (QED) is 0.851. The van der Waals surface area contributed by atoms with E-state index in [1.165, 1.54) is 18.2 Å². The van der Waals surface area contributed by atoms with Crippen LogP contribution in [0.1, 0.15) is 12.0 Å². The molecule has 6 heteroatoms. The molecule has 0 aromatic heterocycles. The first-order valence-corrected chi connectivity index (χ1v) is 5.33. The number of benzene rings is 1. The van der Waals surface area contributed by atoms with Gasteiger partial charge in [0.25, 0.3) is 0 Å². The summed E-state index contributed by atoms with van der Waals surface area (Å²) in [6.07, 6.45) is -5.26. The summed E-state index contributed by atoms with van der Waals surface area (Å²) in [7, 11) is 0. The summed E-state index contributed by atoms with van der Waals surface area (Å²) in [5.41, 5.74) is 5.93. The molecule has 1 unspecified atom stereocenters. The Bertz CT molecular complexity index is 364. The van der Waals surface area contributed by atoms with E-state index in [1.807, 2.05) is 0 Å². The molecule has 0 aliphatic rings. The Labute approximate surface area is 98.8 Å². The van der Waals surface area contributed by atoms with Gasteiger partial charge in [-0.3, -0.25) is 0 Å². The molecule has 1 atom stereocenters. The molecule has 2 N–H and O–H groups in total. The van der Waals surface area contributed by atoms with Crippen molar-refractivity contribution in [3.05, 3.63) is 34.1 Å². The van der Waals surface area contributed by atoms with Crippen molar-refractivity contribution >= 4 is 15.9 Å². The van der Waals surface area contributed by atoms with Gasteiger partial charge in [-0.05, 0) is 24.1 Å². The molecule has 0 spiro atoms. The van der Waals surface area contributed by atoms with Crippen molar-refractivity contribution in [2.45, 2.75) is 25.1 Å². The molecule has 0 bridgehead atoms. The summed E-state index contributed by atoms with van der Waals surface area (Å²) in [5.74, 6) is -0.444. The Morgan fingerprint density at radius 3 is 2.44 bits per heavy atom. The van der Waals surface area contributed by atoms with Crippen LogP contribution in [0.5, 0.6) is 0 Å². The Morgan fingerprint density at radius 1 is 1.31 bits per heavy atom. The van der Waals surface area contributed by atoms with Gasteiger partial charge in [0, 0.05) is 10.5 Å². The lowest BCUT2D eigenvalue weighted by Crippen LogP contribution is -2.29. The predicted octanol–water partition coefficient (Wildman–Crippen LogP) is 3.41. The van der Waals surface area contributed by atoms with Crippen molar-refractivity contribution in [1.82, 2.24) is 0 Å². The van der Waals surface area contributed by atoms with Crippen LogP contribution in [0.25, 0.3) is 0 Å². The summed E-state index contributed by atoms with van der Waals surface area (Å²) in [4.78, 5) is 0. The lowest BCUT2D eigenvalue weighted by molar-refractivity contribution is -0.138. The van der Waals surface area contributed by atoms with Crippen molar-refractivity contribution in [1.29, 1.82) is 0 Å². The van der Waals surface area contributed by atoms with Crippen LogP contribution in [-0.2, 0) is 6.42 Å². The first-order valence-electron chi connectivity index (χ1n) is 4.54. The number of rotatable bonds is 3. The fourth-order valence-corrected chi connectivity index (χ4v) is 1.85. The molecule has 0 fully saturated rings. The third-order valence-electron chi connectivity index (χ3n) is 1.99. The first-order chi connectivity index (χ1) is 7.28. The maximum Gasteiger partial charge on any atom is 0.390 e. The van der Waals surface area contributed by atoms with Crippen LogP contribution < -0.4 is 5.73 Å². The smallest absolute Gasteiger partial charge is 0.327 e. The second-order valence-corrected chi connectivity index (χ2v) is 4.37. The lowest BCUT2D eigenvalue weighted by Gasteiger charge is -2.14. The van der Waals surface area contributed by atoms with Crippen molar-refractivity contribution in [2.24, 2.45) is 5.73 Å². The monoisotopic (exact) mass is 299 g/mol. The molecule has 16 heavy (non-hydrogen) atoms. The van der Waals surface area contributed by atoms with E-state index in [4.69, 9.17) is 5.73 Å². The molecule has 1 nitrogen and oxygen atoms in total. The van der Waals surface area contributed by atoms with E-state index in [9.17, 15) is 17.6 Å². The van der Waals surface area contributed by atoms with Crippen molar-refractivity contribution in [3.63, 3.8) is 0 Å². The highest BCUT2D eigenvalue weighted by molar-refractivity contribution is 9.10. The number of alkyl halides is 3. The number of nitrogens with two attached hydrogens (primary N) is 1. The molecule has 0 saturated heterocycles. The van der Waals surface area contributed by atoms with Crippen molar-refractivity contribution in [2.75, 3.05) is 0 Å². The standard InChI is InChI=1S/C10H10BrF4N/c11-9-4-7(12)2-1-6(9)3-8(16)5-10(13,14)15/h1-2,4,8H,3,5,16H2. The van der Waals surface area contributed by atoms with Crippen LogP contribution >= 0.6 is 15.9 Å². The molecule has 0 saturated carbocycles. The van der Waals surface area contributed by atoms with Crippen LogP contribution in [0.15, 0.2) is 22.7 Å². The average molecular weight is 300 g/mol. The average Bonchev–Trinajstić information content (AvgIpc) is 2.06. The SMILES string of the molecule is NC(Cc1ccc(F)cc1Br)CC(F)(F)F. The predicted molar refractivity (Wildman–Crippen MR) is 56.5 cm³/mol. The van der Waals surface area contributed by atoms with Gasteiger partial charge in [-0.25, -0.2) is 4.39 Å². The van der Waals surface area contributed by atoms with Gasteiger partial charge < -0.3 is 5.73 Å². The number of hydrogen-bond acceptors (Lipinski definition) is 1. The number of hydrogen-bond donors (Lipinski definition) is 1. The highest BCUT2D eigenvalue weighted by atomic mass is 79.9. The molecular formula is C10H10BrF4N. The Morgan fingerprint density at radius 2 is 1.94 bits per heavy atom. The van der Waals surface area contributed by atoms with Crippen LogP contribution in [0.3, 0.4) is 0 Å². The fourth-order valence-electron chi connectivity index (χ4n) is 1.34. The van der Waals surface area contributed by atoms with Gasteiger partial charge in [0.2, 0.25) is 0 Å². The first kappa shape index (κ1) is 13.4. The molecule has 1 rings (SSSR count). The summed E-state index contributed by atoms with van der Waals surface area (Å²) >= 11 is 3.08.